The maximum absolute atomic E-state index is 11.3. The lowest BCUT2D eigenvalue weighted by Gasteiger charge is -2.24. The van der Waals surface area contributed by atoms with Gasteiger partial charge in [-0.2, -0.15) is 0 Å². The summed E-state index contributed by atoms with van der Waals surface area (Å²) in [6.07, 6.45) is 4.82. The first-order valence-corrected chi connectivity index (χ1v) is 5.58. The monoisotopic (exact) mass is 214 g/mol. The van der Waals surface area contributed by atoms with Crippen molar-refractivity contribution in [2.45, 2.75) is 53.0 Å². The van der Waals surface area contributed by atoms with Gasteiger partial charge in [-0.25, -0.2) is 0 Å². The number of rotatable bonds is 7. The summed E-state index contributed by atoms with van der Waals surface area (Å²) in [7, 11) is 0. The third kappa shape index (κ3) is 5.12. The van der Waals surface area contributed by atoms with E-state index < -0.39 is 13.0 Å². The van der Waals surface area contributed by atoms with Crippen molar-refractivity contribution in [3.63, 3.8) is 0 Å². The molecule has 0 aliphatic heterocycles. The van der Waals surface area contributed by atoms with Crippen molar-refractivity contribution in [1.29, 1.82) is 0 Å². The predicted molar refractivity (Wildman–Crippen MR) is 63.7 cm³/mol. The van der Waals surface area contributed by atoms with Crippen LogP contribution in [0.1, 0.15) is 49.7 Å². The highest BCUT2D eigenvalue weighted by Crippen LogP contribution is 2.20. The van der Waals surface area contributed by atoms with E-state index in [1.807, 2.05) is 19.9 Å². The zero-order valence-corrected chi connectivity index (χ0v) is 9.94. The summed E-state index contributed by atoms with van der Waals surface area (Å²) < 4.78 is 14.0. The summed E-state index contributed by atoms with van der Waals surface area (Å²) in [5.41, 5.74) is 0. The average molecular weight is 214 g/mol. The minimum atomic E-state index is -0.827. The highest BCUT2D eigenvalue weighted by molar-refractivity contribution is 5.78. The molecule has 0 amide bonds. The van der Waals surface area contributed by atoms with Gasteiger partial charge in [-0.05, 0) is 32.1 Å². The quantitative estimate of drug-likeness (QED) is 0.662. The summed E-state index contributed by atoms with van der Waals surface area (Å²) >= 11 is 0. The standard InChI is InChI=1S/C13H24O2/c1-5-7-8-9-10(3)13(15)12(6-2)11(4)14/h7-8,10,12-13,15H,5-6,9H2,1-4H3/b8-7+/t10-,12-,13?/m1/s1/i1D2. The van der Waals surface area contributed by atoms with E-state index in [0.29, 0.717) is 19.3 Å². The van der Waals surface area contributed by atoms with Crippen LogP contribution in [0.4, 0.5) is 0 Å². The van der Waals surface area contributed by atoms with Crippen LogP contribution in [-0.4, -0.2) is 17.0 Å². The highest BCUT2D eigenvalue weighted by atomic mass is 16.3. The Morgan fingerprint density at radius 1 is 1.53 bits per heavy atom. The van der Waals surface area contributed by atoms with Gasteiger partial charge in [0.1, 0.15) is 5.78 Å². The summed E-state index contributed by atoms with van der Waals surface area (Å²) in [6, 6.07) is 0. The second-order valence-electron chi connectivity index (χ2n) is 4.04. The minimum absolute atomic E-state index is 0.0232. The van der Waals surface area contributed by atoms with Gasteiger partial charge in [0.2, 0.25) is 0 Å². The van der Waals surface area contributed by atoms with Gasteiger partial charge < -0.3 is 5.11 Å². The first-order chi connectivity index (χ1) is 7.90. The SMILES string of the molecule is [2H]C([2H])C/C=C/C[C@@H](C)C(O)[C@H](CC)C(C)=O. The van der Waals surface area contributed by atoms with E-state index in [4.69, 9.17) is 2.74 Å². The first-order valence-electron chi connectivity index (χ1n) is 6.73. The Bertz CT molecular complexity index is 252. The van der Waals surface area contributed by atoms with Crippen LogP contribution < -0.4 is 0 Å². The number of allylic oxidation sites excluding steroid dienone is 2. The molecule has 1 unspecified atom stereocenters. The van der Waals surface area contributed by atoms with E-state index in [2.05, 4.69) is 0 Å². The molecular weight excluding hydrogens is 188 g/mol. The molecule has 2 nitrogen and oxygen atoms in total. The Morgan fingerprint density at radius 3 is 2.67 bits per heavy atom. The third-order valence-electron chi connectivity index (χ3n) is 2.77. The molecule has 0 aromatic carbocycles. The Morgan fingerprint density at radius 2 is 2.20 bits per heavy atom. The molecule has 3 atom stereocenters. The molecule has 0 bridgehead atoms. The Labute approximate surface area is 96.2 Å². The predicted octanol–water partition coefficient (Wildman–Crippen LogP) is 2.95. The fraction of sp³-hybridized carbons (Fsp3) is 0.769. The van der Waals surface area contributed by atoms with Gasteiger partial charge in [0.15, 0.2) is 0 Å². The fourth-order valence-corrected chi connectivity index (χ4v) is 1.71. The molecule has 0 radical (unpaired) electrons. The molecule has 2 heteroatoms. The lowest BCUT2D eigenvalue weighted by atomic mass is 9.86. The van der Waals surface area contributed by atoms with Gasteiger partial charge in [0, 0.05) is 8.66 Å². The van der Waals surface area contributed by atoms with Crippen molar-refractivity contribution in [2.75, 3.05) is 0 Å². The topological polar surface area (TPSA) is 37.3 Å². The van der Waals surface area contributed by atoms with Crippen LogP contribution in [0.2, 0.25) is 0 Å². The van der Waals surface area contributed by atoms with Crippen LogP contribution in [0.25, 0.3) is 0 Å². The minimum Gasteiger partial charge on any atom is -0.392 e. The second kappa shape index (κ2) is 7.63. The molecule has 0 spiro atoms. The molecular formula is C13H24O2. The van der Waals surface area contributed by atoms with E-state index >= 15 is 0 Å². The van der Waals surface area contributed by atoms with Crippen molar-refractivity contribution in [3.8, 4) is 0 Å². The summed E-state index contributed by atoms with van der Waals surface area (Å²) in [5, 5.41) is 10.0. The molecule has 0 fully saturated rings. The number of carbonyl (C=O) groups is 1. The maximum Gasteiger partial charge on any atom is 0.135 e. The number of ketones is 1. The van der Waals surface area contributed by atoms with E-state index in [-0.39, 0.29) is 17.6 Å². The van der Waals surface area contributed by atoms with Crippen LogP contribution in [0.3, 0.4) is 0 Å². The van der Waals surface area contributed by atoms with Crippen molar-refractivity contribution >= 4 is 5.78 Å². The van der Waals surface area contributed by atoms with E-state index in [1.165, 1.54) is 6.92 Å². The number of aliphatic hydroxyl groups excluding tert-OH is 1. The van der Waals surface area contributed by atoms with E-state index in [1.54, 1.807) is 6.08 Å². The average Bonchev–Trinajstić information content (AvgIpc) is 2.24. The molecule has 0 aromatic heterocycles. The number of hydrogen-bond donors (Lipinski definition) is 1. The summed E-state index contributed by atoms with van der Waals surface area (Å²) in [6.45, 7) is 4.51. The zero-order valence-electron chi connectivity index (χ0n) is 11.9. The number of aliphatic hydroxyl groups is 1. The van der Waals surface area contributed by atoms with Gasteiger partial charge in [-0.15, -0.1) is 0 Å². The van der Waals surface area contributed by atoms with Gasteiger partial charge in [-0.3, -0.25) is 4.79 Å². The molecule has 0 aliphatic carbocycles. The number of hydrogen-bond acceptors (Lipinski definition) is 2. The van der Waals surface area contributed by atoms with E-state index in [0.717, 1.165) is 0 Å². The van der Waals surface area contributed by atoms with Crippen molar-refractivity contribution in [1.82, 2.24) is 0 Å². The molecule has 88 valence electrons. The second-order valence-corrected chi connectivity index (χ2v) is 4.04. The van der Waals surface area contributed by atoms with Crippen molar-refractivity contribution in [3.05, 3.63) is 12.2 Å². The molecule has 0 heterocycles. The molecule has 0 aliphatic rings. The normalized spacial score (nSPS) is 19.8. The lowest BCUT2D eigenvalue weighted by Crippen LogP contribution is -2.31. The summed E-state index contributed by atoms with van der Waals surface area (Å²) in [5.74, 6) is -0.221. The smallest absolute Gasteiger partial charge is 0.135 e. The molecule has 0 saturated carbocycles. The maximum atomic E-state index is 11.3. The fourth-order valence-electron chi connectivity index (χ4n) is 1.71. The van der Waals surface area contributed by atoms with Crippen LogP contribution in [0.15, 0.2) is 12.2 Å². The first kappa shape index (κ1) is 10.9. The van der Waals surface area contributed by atoms with E-state index in [9.17, 15) is 9.90 Å². The van der Waals surface area contributed by atoms with Gasteiger partial charge in [0.05, 0.1) is 6.10 Å². The van der Waals surface area contributed by atoms with Crippen LogP contribution in [-0.2, 0) is 4.79 Å². The highest BCUT2D eigenvalue weighted by Gasteiger charge is 2.25. The number of Topliss-reactive ketones (excluding diaryl/α,β-unsaturated/α-hetero) is 1. The van der Waals surface area contributed by atoms with Crippen molar-refractivity contribution in [2.24, 2.45) is 11.8 Å². The van der Waals surface area contributed by atoms with Crippen molar-refractivity contribution < 1.29 is 12.6 Å². The van der Waals surface area contributed by atoms with Gasteiger partial charge >= 0.3 is 0 Å². The number of carbonyl (C=O) groups excluding carboxylic acids is 1. The van der Waals surface area contributed by atoms with Crippen LogP contribution in [0.5, 0.6) is 0 Å². The summed E-state index contributed by atoms with van der Waals surface area (Å²) in [4.78, 5) is 11.3. The molecule has 0 rings (SSSR count). The molecule has 15 heavy (non-hydrogen) atoms. The Hall–Kier alpha value is -0.630. The third-order valence-corrected chi connectivity index (χ3v) is 2.77. The van der Waals surface area contributed by atoms with Gasteiger partial charge in [0.25, 0.3) is 0 Å². The largest absolute Gasteiger partial charge is 0.392 e. The zero-order chi connectivity index (χ0) is 13.4. The molecule has 0 saturated heterocycles. The molecule has 1 N–H and O–H groups in total. The van der Waals surface area contributed by atoms with Crippen LogP contribution in [0, 0.1) is 11.8 Å². The lowest BCUT2D eigenvalue weighted by molar-refractivity contribution is -0.125. The van der Waals surface area contributed by atoms with Gasteiger partial charge in [-0.1, -0.05) is 32.9 Å². The molecule has 0 aromatic rings. The Balaban J connectivity index is 4.16. The Kier molecular flexibility index (Phi) is 5.53. The van der Waals surface area contributed by atoms with Crippen LogP contribution >= 0.6 is 0 Å².